The van der Waals surface area contributed by atoms with Gasteiger partial charge in [-0.3, -0.25) is 0 Å². The Morgan fingerprint density at radius 1 is 1.13 bits per heavy atom. The first-order chi connectivity index (χ1) is 21.9. The first kappa shape index (κ1) is 31.3. The van der Waals surface area contributed by atoms with Crippen molar-refractivity contribution in [2.24, 2.45) is 5.92 Å². The second-order valence-electron chi connectivity index (χ2n) is 13.6. The van der Waals surface area contributed by atoms with Crippen molar-refractivity contribution >= 4 is 42.0 Å². The summed E-state index contributed by atoms with van der Waals surface area (Å²) in [6.45, 7) is 16.1. The molecule has 0 bridgehead atoms. The fourth-order valence-electron chi connectivity index (χ4n) is 7.80. The molecule has 2 aromatic carbocycles. The van der Waals surface area contributed by atoms with Crippen molar-refractivity contribution < 1.29 is 0 Å². The third-order valence-electron chi connectivity index (χ3n) is 10.6. The molecule has 1 saturated carbocycles. The van der Waals surface area contributed by atoms with Crippen LogP contribution in [0.15, 0.2) is 54.2 Å². The summed E-state index contributed by atoms with van der Waals surface area (Å²) in [4.78, 5) is 4.98. The molecule has 0 radical (unpaired) electrons. The molecule has 6 rings (SSSR count). The van der Waals surface area contributed by atoms with Gasteiger partial charge in [-0.2, -0.15) is 0 Å². The first-order valence-electron chi connectivity index (χ1n) is 17.0. The summed E-state index contributed by atoms with van der Waals surface area (Å²) in [5.74, 6) is 3.09. The Morgan fingerprint density at radius 2 is 1.84 bits per heavy atom. The molecule has 0 spiro atoms. The van der Waals surface area contributed by atoms with Crippen molar-refractivity contribution in [3.05, 3.63) is 70.5 Å². The van der Waals surface area contributed by atoms with Gasteiger partial charge in [-0.25, -0.2) is 5.26 Å². The molecule has 3 aliphatic rings. The molecule has 3 aromatic rings. The van der Waals surface area contributed by atoms with Crippen LogP contribution in [-0.4, -0.2) is 68.0 Å². The van der Waals surface area contributed by atoms with Gasteiger partial charge in [-0.1, -0.05) is 56.8 Å². The fourth-order valence-corrected chi connectivity index (χ4v) is 7.80. The van der Waals surface area contributed by atoms with Crippen molar-refractivity contribution in [3.63, 3.8) is 0 Å². The molecule has 3 heterocycles. The first-order valence-corrected chi connectivity index (χ1v) is 17.0. The normalized spacial score (nSPS) is 22.8. The van der Waals surface area contributed by atoms with E-state index in [1.165, 1.54) is 33.3 Å². The van der Waals surface area contributed by atoms with Gasteiger partial charge in [0.25, 0.3) is 6.71 Å². The topological polar surface area (TPSA) is 71.3 Å². The van der Waals surface area contributed by atoms with E-state index in [9.17, 15) is 5.26 Å². The van der Waals surface area contributed by atoms with Gasteiger partial charge < -0.3 is 30.3 Å². The third-order valence-corrected chi connectivity index (χ3v) is 10.6. The van der Waals surface area contributed by atoms with E-state index in [1.807, 2.05) is 0 Å². The van der Waals surface area contributed by atoms with E-state index in [1.54, 1.807) is 0 Å². The molecule has 236 valence electrons. The Bertz CT molecular complexity index is 1610. The van der Waals surface area contributed by atoms with Crippen LogP contribution >= 0.6 is 0 Å². The Balaban J connectivity index is 1.13. The number of rotatable bonds is 11. The molecule has 3 N–H and O–H groups in total. The van der Waals surface area contributed by atoms with Gasteiger partial charge in [0.1, 0.15) is 0 Å². The predicted molar refractivity (Wildman–Crippen MR) is 191 cm³/mol. The lowest BCUT2D eigenvalue weighted by atomic mass is 9.45. The van der Waals surface area contributed by atoms with E-state index in [4.69, 9.17) is 0 Å². The number of fused-ring (bicyclic) bond motifs is 2. The minimum atomic E-state index is 0.219. The van der Waals surface area contributed by atoms with Crippen molar-refractivity contribution in [1.29, 1.82) is 5.26 Å². The average Bonchev–Trinajstić information content (AvgIpc) is 3.28. The molecule has 1 aromatic heterocycles. The highest BCUT2D eigenvalue weighted by molar-refractivity contribution is 6.67. The van der Waals surface area contributed by atoms with Crippen molar-refractivity contribution in [1.82, 2.24) is 20.1 Å². The zero-order valence-electron chi connectivity index (χ0n) is 27.5. The summed E-state index contributed by atoms with van der Waals surface area (Å²) in [6, 6.07) is 16.4. The van der Waals surface area contributed by atoms with Gasteiger partial charge in [0.2, 0.25) is 0 Å². The van der Waals surface area contributed by atoms with Crippen LogP contribution in [0.25, 0.3) is 23.9 Å². The number of hydrogen-bond acceptors (Lipinski definition) is 6. The van der Waals surface area contributed by atoms with Gasteiger partial charge in [-0.15, -0.1) is 0 Å². The van der Waals surface area contributed by atoms with Gasteiger partial charge in [-0.05, 0) is 87.4 Å². The SMILES string of the molecule is C=c1c2ccccc2c(=C)n1CC1CC(N/C=C(\C(CCC)NC)C2CNc3ccc(CN4CCB(C#N)CC4)cc3N2C)C1. The number of nitrogens with one attached hydrogen (secondary N) is 3. The number of anilines is 2. The van der Waals surface area contributed by atoms with Gasteiger partial charge in [0.15, 0.2) is 0 Å². The highest BCUT2D eigenvalue weighted by Crippen LogP contribution is 2.35. The second-order valence-corrected chi connectivity index (χ2v) is 13.6. The summed E-state index contributed by atoms with van der Waals surface area (Å²) < 4.78 is 2.33. The molecule has 2 unspecified atom stereocenters. The summed E-state index contributed by atoms with van der Waals surface area (Å²) in [5, 5.41) is 25.1. The molecule has 45 heavy (non-hydrogen) atoms. The van der Waals surface area contributed by atoms with E-state index in [-0.39, 0.29) is 12.8 Å². The molecule has 2 atom stereocenters. The molecule has 0 amide bonds. The number of benzene rings is 2. The standard InChI is InChI=1S/C37H50BN7/c1-6-9-34(40-4)33(21-41-30-18-29(19-30)24-45-26(2)31-10-7-8-11-32(31)27(45)3)37-22-42-35-13-12-28(20-36(35)43(37)5)23-44-16-14-38(25-39)15-17-44/h7-8,10-13,20-21,29-30,34,37,40-42H,2-3,6,9,14-19,22-24H2,1,4-5H3/b33-21+. The van der Waals surface area contributed by atoms with Crippen molar-refractivity contribution in [2.45, 2.75) is 76.5 Å². The second kappa shape index (κ2) is 13.8. The van der Waals surface area contributed by atoms with Crippen molar-refractivity contribution in [3.8, 4) is 5.97 Å². The van der Waals surface area contributed by atoms with E-state index < -0.39 is 0 Å². The summed E-state index contributed by atoms with van der Waals surface area (Å²) >= 11 is 0. The minimum Gasteiger partial charge on any atom is -0.388 e. The predicted octanol–water partition coefficient (Wildman–Crippen LogP) is 4.41. The molecular weight excluding hydrogens is 553 g/mol. The van der Waals surface area contributed by atoms with Crippen molar-refractivity contribution in [2.75, 3.05) is 43.9 Å². The van der Waals surface area contributed by atoms with Crippen LogP contribution in [0.1, 0.15) is 38.2 Å². The Kier molecular flexibility index (Phi) is 9.58. The highest BCUT2D eigenvalue weighted by atomic mass is 15.2. The number of nitrogens with zero attached hydrogens (tertiary/aromatic N) is 4. The lowest BCUT2D eigenvalue weighted by molar-refractivity contribution is 0.210. The molecular formula is C37H50BN7. The summed E-state index contributed by atoms with van der Waals surface area (Å²) in [7, 11) is 4.35. The molecule has 1 aliphatic carbocycles. The number of hydrogen-bond donors (Lipinski definition) is 3. The van der Waals surface area contributed by atoms with Crippen LogP contribution in [0, 0.1) is 17.1 Å². The Hall–Kier alpha value is -3.67. The Morgan fingerprint density at radius 3 is 2.49 bits per heavy atom. The summed E-state index contributed by atoms with van der Waals surface area (Å²) in [6.07, 6.45) is 8.86. The highest BCUT2D eigenvalue weighted by Gasteiger charge is 2.33. The molecule has 2 aliphatic heterocycles. The maximum atomic E-state index is 9.28. The van der Waals surface area contributed by atoms with Crippen LogP contribution in [0.4, 0.5) is 11.4 Å². The third kappa shape index (κ3) is 6.52. The monoisotopic (exact) mass is 603 g/mol. The zero-order chi connectivity index (χ0) is 31.5. The lowest BCUT2D eigenvalue weighted by Gasteiger charge is -2.41. The van der Waals surface area contributed by atoms with E-state index >= 15 is 0 Å². The van der Waals surface area contributed by atoms with E-state index in [0.29, 0.717) is 18.0 Å². The lowest BCUT2D eigenvalue weighted by Crippen LogP contribution is -2.49. The van der Waals surface area contributed by atoms with Gasteiger partial charge >= 0.3 is 0 Å². The molecule has 7 nitrogen and oxygen atoms in total. The maximum absolute atomic E-state index is 9.28. The Labute approximate surface area is 269 Å². The smallest absolute Gasteiger partial charge is 0.270 e. The van der Waals surface area contributed by atoms with E-state index in [2.05, 4.69) is 119 Å². The quantitative estimate of drug-likeness (QED) is 0.282. The maximum Gasteiger partial charge on any atom is 0.270 e. The van der Waals surface area contributed by atoms with Gasteiger partial charge in [0, 0.05) is 66.2 Å². The minimum absolute atomic E-state index is 0.219. The molecule has 2 fully saturated rings. The van der Waals surface area contributed by atoms with Crippen LogP contribution in [-0.2, 0) is 13.1 Å². The number of aromatic nitrogens is 1. The largest absolute Gasteiger partial charge is 0.388 e. The molecule has 8 heteroatoms. The number of likely N-dealkylation sites (N-methyl/N-ethyl adjacent to an activating group) is 2. The zero-order valence-corrected chi connectivity index (χ0v) is 27.5. The van der Waals surface area contributed by atoms with Crippen LogP contribution < -0.4 is 31.5 Å². The fraction of sp³-hybridized carbons (Fsp3) is 0.486. The van der Waals surface area contributed by atoms with Crippen LogP contribution in [0.5, 0.6) is 0 Å². The van der Waals surface area contributed by atoms with E-state index in [0.717, 1.165) is 81.7 Å². The average molecular weight is 604 g/mol. The van der Waals surface area contributed by atoms with Crippen LogP contribution in [0.3, 0.4) is 0 Å². The summed E-state index contributed by atoms with van der Waals surface area (Å²) in [5.41, 5.74) is 5.24. The van der Waals surface area contributed by atoms with Gasteiger partial charge in [0.05, 0.1) is 17.4 Å². The molecule has 1 saturated heterocycles. The van der Waals surface area contributed by atoms with Crippen LogP contribution in [0.2, 0.25) is 12.6 Å². The number of nitriles is 1.